The lowest BCUT2D eigenvalue weighted by Crippen LogP contribution is -1.95. The molecule has 0 aliphatic carbocycles. The molecule has 0 atom stereocenters. The minimum atomic E-state index is -0.901. The largest absolute Gasteiger partial charge is 0.478 e. The molecule has 72 valence electrons. The molecule has 0 saturated carbocycles. The van der Waals surface area contributed by atoms with Crippen LogP contribution in [0.2, 0.25) is 0 Å². The fourth-order valence-corrected chi connectivity index (χ4v) is 3.63. The van der Waals surface area contributed by atoms with Gasteiger partial charge in [-0.25, -0.2) is 4.79 Å². The summed E-state index contributed by atoms with van der Waals surface area (Å²) in [6.07, 6.45) is 0. The Morgan fingerprint density at radius 3 is 2.71 bits per heavy atom. The van der Waals surface area contributed by atoms with Crippen LogP contribution in [0.3, 0.4) is 0 Å². The molecule has 1 aromatic carbocycles. The number of benzene rings is 1. The third-order valence-electron chi connectivity index (χ3n) is 1.85. The average molecular weight is 336 g/mol. The molecule has 2 nitrogen and oxygen atoms in total. The van der Waals surface area contributed by atoms with Gasteiger partial charge in [0.25, 0.3) is 0 Å². The van der Waals surface area contributed by atoms with E-state index in [1.807, 2.05) is 6.07 Å². The van der Waals surface area contributed by atoms with Gasteiger partial charge in [-0.1, -0.05) is 6.07 Å². The summed E-state index contributed by atoms with van der Waals surface area (Å²) in [6.45, 7) is 0. The Hall–Kier alpha value is -0.390. The summed E-state index contributed by atoms with van der Waals surface area (Å²) in [5, 5.41) is 9.75. The molecule has 1 N–H and O–H groups in total. The van der Waals surface area contributed by atoms with Crippen molar-refractivity contribution >= 4 is 59.3 Å². The molecule has 5 heteroatoms. The number of carboxylic acid groups (broad SMARTS) is 1. The molecule has 2 rings (SSSR count). The van der Waals surface area contributed by atoms with E-state index in [4.69, 9.17) is 5.11 Å². The Kier molecular flexibility index (Phi) is 2.64. The van der Waals surface area contributed by atoms with Crippen molar-refractivity contribution in [2.75, 3.05) is 0 Å². The summed E-state index contributed by atoms with van der Waals surface area (Å²) in [5.41, 5.74) is 0.330. The van der Waals surface area contributed by atoms with E-state index in [0.717, 1.165) is 18.3 Å². The van der Waals surface area contributed by atoms with E-state index in [9.17, 15) is 4.79 Å². The maximum Gasteiger partial charge on any atom is 0.336 e. The molecule has 0 unspecified atom stereocenters. The Bertz CT molecular complexity index is 519. The molecular formula is C9H4Br2O2S. The van der Waals surface area contributed by atoms with Gasteiger partial charge in [0.2, 0.25) is 0 Å². The van der Waals surface area contributed by atoms with Crippen LogP contribution in [0.1, 0.15) is 10.4 Å². The van der Waals surface area contributed by atoms with Gasteiger partial charge in [0.05, 0.1) is 13.8 Å². The Morgan fingerprint density at radius 2 is 2.07 bits per heavy atom. The molecule has 0 fully saturated rings. The fourth-order valence-electron chi connectivity index (χ4n) is 1.26. The number of fused-ring (bicyclic) bond motifs is 1. The summed E-state index contributed by atoms with van der Waals surface area (Å²) >= 11 is 8.26. The third kappa shape index (κ3) is 1.49. The number of thiophene rings is 1. The number of hydrogen-bond acceptors (Lipinski definition) is 2. The van der Waals surface area contributed by atoms with Crippen molar-refractivity contribution < 1.29 is 9.90 Å². The normalized spacial score (nSPS) is 10.7. The lowest BCUT2D eigenvalue weighted by Gasteiger charge is -1.96. The standard InChI is InChI=1S/C9H4Br2O2S/c10-7-6-4(9(12)13)2-1-3-5(6)14-8(7)11/h1-3H,(H,12,13). The van der Waals surface area contributed by atoms with Gasteiger partial charge in [-0.2, -0.15) is 0 Å². The first-order chi connectivity index (χ1) is 6.61. The van der Waals surface area contributed by atoms with E-state index in [-0.39, 0.29) is 0 Å². The van der Waals surface area contributed by atoms with E-state index in [1.54, 1.807) is 12.1 Å². The van der Waals surface area contributed by atoms with Crippen LogP contribution in [0.25, 0.3) is 10.1 Å². The maximum atomic E-state index is 10.9. The first-order valence-corrected chi connectivity index (χ1v) is 6.11. The van der Waals surface area contributed by atoms with Gasteiger partial charge >= 0.3 is 5.97 Å². The Morgan fingerprint density at radius 1 is 1.36 bits per heavy atom. The monoisotopic (exact) mass is 334 g/mol. The van der Waals surface area contributed by atoms with Gasteiger partial charge in [-0.15, -0.1) is 11.3 Å². The zero-order chi connectivity index (χ0) is 10.3. The predicted octanol–water partition coefficient (Wildman–Crippen LogP) is 4.12. The maximum absolute atomic E-state index is 10.9. The minimum Gasteiger partial charge on any atom is -0.478 e. The van der Waals surface area contributed by atoms with Crippen LogP contribution in [-0.4, -0.2) is 11.1 Å². The molecule has 0 spiro atoms. The van der Waals surface area contributed by atoms with Crippen molar-refractivity contribution in [3.63, 3.8) is 0 Å². The SMILES string of the molecule is O=C(O)c1cccc2sc(Br)c(Br)c12. The van der Waals surface area contributed by atoms with Crippen molar-refractivity contribution in [2.24, 2.45) is 0 Å². The van der Waals surface area contributed by atoms with Crippen molar-refractivity contribution in [1.29, 1.82) is 0 Å². The second-order valence-electron chi connectivity index (χ2n) is 2.67. The number of halogens is 2. The van der Waals surface area contributed by atoms with Gasteiger partial charge in [0.1, 0.15) is 0 Å². The summed E-state index contributed by atoms with van der Waals surface area (Å²) in [4.78, 5) is 10.9. The van der Waals surface area contributed by atoms with E-state index < -0.39 is 5.97 Å². The van der Waals surface area contributed by atoms with Gasteiger partial charge < -0.3 is 5.11 Å². The van der Waals surface area contributed by atoms with Gasteiger partial charge in [0.15, 0.2) is 0 Å². The van der Waals surface area contributed by atoms with E-state index >= 15 is 0 Å². The first kappa shape index (κ1) is 10.1. The molecule has 1 heterocycles. The van der Waals surface area contributed by atoms with Crippen molar-refractivity contribution in [2.45, 2.75) is 0 Å². The highest BCUT2D eigenvalue weighted by atomic mass is 79.9. The summed E-state index contributed by atoms with van der Waals surface area (Å²) in [6, 6.07) is 5.26. The lowest BCUT2D eigenvalue weighted by molar-refractivity contribution is 0.0699. The van der Waals surface area contributed by atoms with Crippen LogP contribution < -0.4 is 0 Å². The van der Waals surface area contributed by atoms with Crippen molar-refractivity contribution in [3.8, 4) is 0 Å². The zero-order valence-electron chi connectivity index (χ0n) is 6.75. The molecule has 0 aliphatic rings. The highest BCUT2D eigenvalue weighted by Crippen LogP contribution is 2.40. The molecule has 2 aromatic rings. The van der Waals surface area contributed by atoms with Crippen LogP contribution in [0.15, 0.2) is 26.5 Å². The molecular weight excluding hydrogens is 332 g/mol. The smallest absolute Gasteiger partial charge is 0.336 e. The van der Waals surface area contributed by atoms with Gasteiger partial charge in [0, 0.05) is 10.1 Å². The van der Waals surface area contributed by atoms with Crippen LogP contribution >= 0.6 is 43.2 Å². The molecule has 0 amide bonds. The van der Waals surface area contributed by atoms with Crippen molar-refractivity contribution in [1.82, 2.24) is 0 Å². The van der Waals surface area contributed by atoms with Crippen LogP contribution in [0, 0.1) is 0 Å². The lowest BCUT2D eigenvalue weighted by atomic mass is 10.1. The summed E-state index contributed by atoms with van der Waals surface area (Å²) in [5.74, 6) is -0.901. The zero-order valence-corrected chi connectivity index (χ0v) is 10.7. The second-order valence-corrected chi connectivity index (χ2v) is 5.84. The highest BCUT2D eigenvalue weighted by molar-refractivity contribution is 9.13. The third-order valence-corrected chi connectivity index (χ3v) is 5.26. The van der Waals surface area contributed by atoms with E-state index in [0.29, 0.717) is 5.56 Å². The Balaban J connectivity index is 2.91. The predicted molar refractivity (Wildman–Crippen MR) is 64.2 cm³/mol. The van der Waals surface area contributed by atoms with E-state index in [1.165, 1.54) is 11.3 Å². The Labute approximate surface area is 101 Å². The number of hydrogen-bond donors (Lipinski definition) is 1. The highest BCUT2D eigenvalue weighted by Gasteiger charge is 2.15. The minimum absolute atomic E-state index is 0.330. The number of carbonyl (C=O) groups is 1. The first-order valence-electron chi connectivity index (χ1n) is 3.71. The second kappa shape index (κ2) is 3.64. The van der Waals surface area contributed by atoms with Gasteiger partial charge in [-0.05, 0) is 44.0 Å². The fraction of sp³-hybridized carbons (Fsp3) is 0. The molecule has 0 bridgehead atoms. The molecule has 0 aliphatic heterocycles. The molecule has 0 radical (unpaired) electrons. The molecule has 14 heavy (non-hydrogen) atoms. The molecule has 1 aromatic heterocycles. The number of carboxylic acids is 1. The average Bonchev–Trinajstić information content (AvgIpc) is 2.43. The van der Waals surface area contributed by atoms with Crippen LogP contribution in [0.5, 0.6) is 0 Å². The van der Waals surface area contributed by atoms with Gasteiger partial charge in [-0.3, -0.25) is 0 Å². The molecule has 0 saturated heterocycles. The van der Waals surface area contributed by atoms with E-state index in [2.05, 4.69) is 31.9 Å². The topological polar surface area (TPSA) is 37.3 Å². The number of rotatable bonds is 1. The van der Waals surface area contributed by atoms with Crippen LogP contribution in [-0.2, 0) is 0 Å². The van der Waals surface area contributed by atoms with Crippen LogP contribution in [0.4, 0.5) is 0 Å². The van der Waals surface area contributed by atoms with Crippen molar-refractivity contribution in [3.05, 3.63) is 32.0 Å². The number of aromatic carboxylic acids is 1. The summed E-state index contributed by atoms with van der Waals surface area (Å²) < 4.78 is 2.69. The quantitative estimate of drug-likeness (QED) is 0.851. The summed E-state index contributed by atoms with van der Waals surface area (Å²) in [7, 11) is 0.